The second-order valence-electron chi connectivity index (χ2n) is 4.48. The fourth-order valence-electron chi connectivity index (χ4n) is 1.72. The molecule has 2 aromatic rings. The van der Waals surface area contributed by atoms with Crippen LogP contribution in [0, 0.1) is 6.92 Å². The molecule has 0 aliphatic heterocycles. The van der Waals surface area contributed by atoms with Gasteiger partial charge < -0.3 is 15.7 Å². The van der Waals surface area contributed by atoms with Gasteiger partial charge in [0.2, 0.25) is 0 Å². The van der Waals surface area contributed by atoms with Crippen molar-refractivity contribution < 1.29 is 14.7 Å². The summed E-state index contributed by atoms with van der Waals surface area (Å²) in [6.07, 6.45) is 1.43. The molecule has 6 heteroatoms. The number of urea groups is 1. The van der Waals surface area contributed by atoms with E-state index in [0.29, 0.717) is 0 Å². The average molecular weight is 285 g/mol. The molecule has 1 aromatic heterocycles. The molecule has 6 nitrogen and oxygen atoms in total. The quantitative estimate of drug-likeness (QED) is 0.804. The number of carboxylic acid groups (broad SMARTS) is 1. The summed E-state index contributed by atoms with van der Waals surface area (Å²) < 4.78 is 0. The van der Waals surface area contributed by atoms with Crippen LogP contribution in [0.5, 0.6) is 0 Å². The molecule has 0 fully saturated rings. The van der Waals surface area contributed by atoms with Crippen LogP contribution in [0.2, 0.25) is 0 Å². The normalized spacial score (nSPS) is 9.95. The highest BCUT2D eigenvalue weighted by Crippen LogP contribution is 2.12. The Morgan fingerprint density at radius 3 is 2.57 bits per heavy atom. The van der Waals surface area contributed by atoms with Gasteiger partial charge in [0.15, 0.2) is 0 Å². The zero-order chi connectivity index (χ0) is 15.2. The third-order valence-electron chi connectivity index (χ3n) is 2.89. The SMILES string of the molecule is Cc1ccccc1NC(=O)NCc1ccc(C(=O)O)nc1. The number of anilines is 1. The molecule has 0 aliphatic rings. The van der Waals surface area contributed by atoms with Crippen molar-refractivity contribution in [3.63, 3.8) is 0 Å². The van der Waals surface area contributed by atoms with Crippen LogP contribution >= 0.6 is 0 Å². The van der Waals surface area contributed by atoms with E-state index in [9.17, 15) is 9.59 Å². The Morgan fingerprint density at radius 2 is 1.95 bits per heavy atom. The van der Waals surface area contributed by atoms with Crippen molar-refractivity contribution in [2.75, 3.05) is 5.32 Å². The lowest BCUT2D eigenvalue weighted by Crippen LogP contribution is -2.28. The first-order valence-electron chi connectivity index (χ1n) is 6.35. The Morgan fingerprint density at radius 1 is 1.19 bits per heavy atom. The lowest BCUT2D eigenvalue weighted by molar-refractivity contribution is 0.0690. The van der Waals surface area contributed by atoms with E-state index in [4.69, 9.17) is 5.11 Å². The molecule has 2 rings (SSSR count). The highest BCUT2D eigenvalue weighted by molar-refractivity contribution is 5.90. The van der Waals surface area contributed by atoms with Gasteiger partial charge in [0.25, 0.3) is 0 Å². The molecule has 3 N–H and O–H groups in total. The van der Waals surface area contributed by atoms with Crippen LogP contribution in [0.3, 0.4) is 0 Å². The predicted octanol–water partition coefficient (Wildman–Crippen LogP) is 2.41. The summed E-state index contributed by atoms with van der Waals surface area (Å²) in [6.45, 7) is 2.18. The van der Waals surface area contributed by atoms with Crippen molar-refractivity contribution in [1.29, 1.82) is 0 Å². The van der Waals surface area contributed by atoms with Crippen LogP contribution in [0.25, 0.3) is 0 Å². The van der Waals surface area contributed by atoms with E-state index in [1.165, 1.54) is 12.3 Å². The van der Waals surface area contributed by atoms with Gasteiger partial charge in [-0.1, -0.05) is 24.3 Å². The van der Waals surface area contributed by atoms with E-state index in [1.54, 1.807) is 6.07 Å². The van der Waals surface area contributed by atoms with Crippen LogP contribution in [0.15, 0.2) is 42.6 Å². The maximum absolute atomic E-state index is 11.8. The third-order valence-corrected chi connectivity index (χ3v) is 2.89. The summed E-state index contributed by atoms with van der Waals surface area (Å²) in [5.41, 5.74) is 2.41. The smallest absolute Gasteiger partial charge is 0.354 e. The van der Waals surface area contributed by atoms with Crippen molar-refractivity contribution in [2.45, 2.75) is 13.5 Å². The van der Waals surface area contributed by atoms with Gasteiger partial charge >= 0.3 is 12.0 Å². The van der Waals surface area contributed by atoms with Crippen LogP contribution in [-0.2, 0) is 6.54 Å². The van der Waals surface area contributed by atoms with Crippen LogP contribution in [-0.4, -0.2) is 22.1 Å². The number of hydrogen-bond acceptors (Lipinski definition) is 3. The lowest BCUT2D eigenvalue weighted by atomic mass is 10.2. The van der Waals surface area contributed by atoms with E-state index in [1.807, 2.05) is 31.2 Å². The van der Waals surface area contributed by atoms with E-state index in [2.05, 4.69) is 15.6 Å². The van der Waals surface area contributed by atoms with Crippen LogP contribution in [0.4, 0.5) is 10.5 Å². The number of nitrogens with one attached hydrogen (secondary N) is 2. The van der Waals surface area contributed by atoms with Gasteiger partial charge in [-0.15, -0.1) is 0 Å². The van der Waals surface area contributed by atoms with E-state index >= 15 is 0 Å². The first-order chi connectivity index (χ1) is 10.1. The summed E-state index contributed by atoms with van der Waals surface area (Å²) in [6, 6.07) is 10.2. The number of nitrogens with zero attached hydrogens (tertiary/aromatic N) is 1. The fraction of sp³-hybridized carbons (Fsp3) is 0.133. The summed E-state index contributed by atoms with van der Waals surface area (Å²) in [4.78, 5) is 26.2. The molecule has 2 amide bonds. The van der Waals surface area contributed by atoms with Gasteiger partial charge in [-0.3, -0.25) is 0 Å². The zero-order valence-electron chi connectivity index (χ0n) is 11.5. The maximum Gasteiger partial charge on any atom is 0.354 e. The molecule has 0 atom stereocenters. The third kappa shape index (κ3) is 4.04. The Balaban J connectivity index is 1.89. The van der Waals surface area contributed by atoms with Crippen molar-refractivity contribution in [2.24, 2.45) is 0 Å². The molecular formula is C15H15N3O3. The van der Waals surface area contributed by atoms with Gasteiger partial charge in [0.1, 0.15) is 5.69 Å². The van der Waals surface area contributed by atoms with E-state index < -0.39 is 5.97 Å². The first-order valence-corrected chi connectivity index (χ1v) is 6.35. The minimum atomic E-state index is -1.08. The highest BCUT2D eigenvalue weighted by atomic mass is 16.4. The number of aromatic carboxylic acids is 1. The largest absolute Gasteiger partial charge is 0.477 e. The number of pyridine rings is 1. The number of amides is 2. The molecular weight excluding hydrogens is 270 g/mol. The first kappa shape index (κ1) is 14.5. The number of carbonyl (C=O) groups is 2. The Bertz CT molecular complexity index is 653. The Labute approximate surface area is 121 Å². The summed E-state index contributed by atoms with van der Waals surface area (Å²) in [5, 5.41) is 14.2. The second kappa shape index (κ2) is 6.51. The topological polar surface area (TPSA) is 91.3 Å². The number of aromatic nitrogens is 1. The second-order valence-corrected chi connectivity index (χ2v) is 4.48. The van der Waals surface area contributed by atoms with E-state index in [0.717, 1.165) is 16.8 Å². The monoisotopic (exact) mass is 285 g/mol. The molecule has 0 spiro atoms. The summed E-state index contributed by atoms with van der Waals surface area (Å²) in [5.74, 6) is -1.08. The number of benzene rings is 1. The molecule has 0 unspecified atom stereocenters. The van der Waals surface area contributed by atoms with Gasteiger partial charge in [-0.25, -0.2) is 14.6 Å². The Kier molecular flexibility index (Phi) is 4.50. The number of aryl methyl sites for hydroxylation is 1. The summed E-state index contributed by atoms with van der Waals surface area (Å²) >= 11 is 0. The fourth-order valence-corrected chi connectivity index (χ4v) is 1.72. The molecule has 108 valence electrons. The van der Waals surface area contributed by atoms with Gasteiger partial charge in [-0.2, -0.15) is 0 Å². The minimum Gasteiger partial charge on any atom is -0.477 e. The number of rotatable bonds is 4. The van der Waals surface area contributed by atoms with Crippen molar-refractivity contribution in [3.8, 4) is 0 Å². The molecule has 21 heavy (non-hydrogen) atoms. The average Bonchev–Trinajstić information content (AvgIpc) is 2.48. The maximum atomic E-state index is 11.8. The highest BCUT2D eigenvalue weighted by Gasteiger charge is 2.06. The molecule has 0 aliphatic carbocycles. The van der Waals surface area contributed by atoms with Gasteiger partial charge in [-0.05, 0) is 30.2 Å². The lowest BCUT2D eigenvalue weighted by Gasteiger charge is -2.09. The molecule has 0 bridgehead atoms. The number of hydrogen-bond donors (Lipinski definition) is 3. The molecule has 0 saturated heterocycles. The predicted molar refractivity (Wildman–Crippen MR) is 78.2 cm³/mol. The molecule has 0 saturated carbocycles. The molecule has 1 aromatic carbocycles. The van der Waals surface area contributed by atoms with E-state index in [-0.39, 0.29) is 18.3 Å². The number of carboxylic acids is 1. The standard InChI is InChI=1S/C15H15N3O3/c1-10-4-2-3-5-12(10)18-15(21)17-9-11-6-7-13(14(19)20)16-8-11/h2-8H,9H2,1H3,(H,19,20)(H2,17,18,21). The van der Waals surface area contributed by atoms with Crippen molar-refractivity contribution in [3.05, 3.63) is 59.4 Å². The summed E-state index contributed by atoms with van der Waals surface area (Å²) in [7, 11) is 0. The van der Waals surface area contributed by atoms with Gasteiger partial charge in [0.05, 0.1) is 0 Å². The van der Waals surface area contributed by atoms with Crippen molar-refractivity contribution in [1.82, 2.24) is 10.3 Å². The van der Waals surface area contributed by atoms with Crippen molar-refractivity contribution >= 4 is 17.7 Å². The van der Waals surface area contributed by atoms with Gasteiger partial charge in [0, 0.05) is 18.4 Å². The number of carbonyl (C=O) groups excluding carboxylic acids is 1. The number of para-hydroxylation sites is 1. The zero-order valence-corrected chi connectivity index (χ0v) is 11.5. The van der Waals surface area contributed by atoms with Crippen LogP contribution < -0.4 is 10.6 Å². The van der Waals surface area contributed by atoms with Crippen LogP contribution in [0.1, 0.15) is 21.6 Å². The molecule has 0 radical (unpaired) electrons. The minimum absolute atomic E-state index is 0.0249. The Hall–Kier alpha value is -2.89. The molecule has 1 heterocycles.